The minimum Gasteiger partial charge on any atom is -0.339 e. The van der Waals surface area contributed by atoms with Gasteiger partial charge in [-0.1, -0.05) is 5.16 Å². The van der Waals surface area contributed by atoms with Crippen LogP contribution in [0.3, 0.4) is 0 Å². The number of rotatable bonds is 3. The van der Waals surface area contributed by atoms with E-state index in [1.807, 2.05) is 4.90 Å². The van der Waals surface area contributed by atoms with E-state index in [0.717, 1.165) is 32.4 Å². The SMILES string of the molecule is Cc1noc(CC2(NC(=O)N3CCC3)CC2)n1. The van der Waals surface area contributed by atoms with Crippen LogP contribution in [0.1, 0.15) is 31.0 Å². The van der Waals surface area contributed by atoms with E-state index in [0.29, 0.717) is 18.1 Å². The number of aryl methyl sites for hydroxylation is 1. The lowest BCUT2D eigenvalue weighted by molar-refractivity contribution is 0.162. The molecule has 2 fully saturated rings. The van der Waals surface area contributed by atoms with Crippen LogP contribution in [0.5, 0.6) is 0 Å². The van der Waals surface area contributed by atoms with E-state index in [9.17, 15) is 4.79 Å². The van der Waals surface area contributed by atoms with Crippen molar-refractivity contribution in [1.29, 1.82) is 0 Å². The first-order chi connectivity index (χ1) is 8.17. The van der Waals surface area contributed by atoms with Crippen molar-refractivity contribution in [3.05, 3.63) is 11.7 Å². The van der Waals surface area contributed by atoms with Crippen LogP contribution in [0.25, 0.3) is 0 Å². The number of urea groups is 1. The predicted molar refractivity (Wildman–Crippen MR) is 59.4 cm³/mol. The molecule has 0 bridgehead atoms. The zero-order valence-corrected chi connectivity index (χ0v) is 9.90. The summed E-state index contributed by atoms with van der Waals surface area (Å²) in [5, 5.41) is 6.85. The van der Waals surface area contributed by atoms with Crippen molar-refractivity contribution in [2.75, 3.05) is 13.1 Å². The summed E-state index contributed by atoms with van der Waals surface area (Å²) in [6, 6.07) is 0.0463. The number of nitrogens with zero attached hydrogens (tertiary/aromatic N) is 3. The molecule has 17 heavy (non-hydrogen) atoms. The average molecular weight is 236 g/mol. The molecule has 6 nitrogen and oxygen atoms in total. The fourth-order valence-electron chi connectivity index (χ4n) is 2.02. The van der Waals surface area contributed by atoms with Gasteiger partial charge in [0.2, 0.25) is 5.89 Å². The molecule has 1 saturated heterocycles. The highest BCUT2D eigenvalue weighted by atomic mass is 16.5. The third-order valence-electron chi connectivity index (χ3n) is 3.43. The van der Waals surface area contributed by atoms with Gasteiger partial charge >= 0.3 is 6.03 Å². The first-order valence-electron chi connectivity index (χ1n) is 6.03. The van der Waals surface area contributed by atoms with Gasteiger partial charge in [0, 0.05) is 13.1 Å². The quantitative estimate of drug-likeness (QED) is 0.845. The maximum atomic E-state index is 11.8. The molecule has 0 radical (unpaired) electrons. The Morgan fingerprint density at radius 1 is 1.53 bits per heavy atom. The lowest BCUT2D eigenvalue weighted by Crippen LogP contribution is -2.52. The van der Waals surface area contributed by atoms with E-state index in [-0.39, 0.29) is 11.6 Å². The van der Waals surface area contributed by atoms with Crippen molar-refractivity contribution in [1.82, 2.24) is 20.4 Å². The number of nitrogens with one attached hydrogen (secondary N) is 1. The molecule has 1 N–H and O–H groups in total. The number of likely N-dealkylation sites (tertiary alicyclic amines) is 1. The molecule has 2 amide bonds. The Morgan fingerprint density at radius 3 is 2.76 bits per heavy atom. The Hall–Kier alpha value is -1.59. The van der Waals surface area contributed by atoms with Gasteiger partial charge in [-0.05, 0) is 26.2 Å². The summed E-state index contributed by atoms with van der Waals surface area (Å²) in [6.45, 7) is 3.55. The van der Waals surface area contributed by atoms with Crippen molar-refractivity contribution < 1.29 is 9.32 Å². The van der Waals surface area contributed by atoms with E-state index < -0.39 is 0 Å². The number of carbonyl (C=O) groups excluding carboxylic acids is 1. The van der Waals surface area contributed by atoms with E-state index in [1.165, 1.54) is 0 Å². The Kier molecular flexibility index (Phi) is 2.31. The van der Waals surface area contributed by atoms with Crippen LogP contribution >= 0.6 is 0 Å². The molecule has 0 spiro atoms. The van der Waals surface area contributed by atoms with Crippen molar-refractivity contribution in [2.24, 2.45) is 0 Å². The second-order valence-electron chi connectivity index (χ2n) is 4.96. The summed E-state index contributed by atoms with van der Waals surface area (Å²) >= 11 is 0. The molecule has 2 aliphatic rings. The van der Waals surface area contributed by atoms with Crippen molar-refractivity contribution in [3.63, 3.8) is 0 Å². The summed E-state index contributed by atoms with van der Waals surface area (Å²) in [4.78, 5) is 17.8. The molecule has 92 valence electrons. The van der Waals surface area contributed by atoms with Gasteiger partial charge in [0.1, 0.15) is 0 Å². The minimum atomic E-state index is -0.133. The molecule has 1 aliphatic carbocycles. The monoisotopic (exact) mass is 236 g/mol. The highest BCUT2D eigenvalue weighted by molar-refractivity contribution is 5.76. The Morgan fingerprint density at radius 2 is 2.29 bits per heavy atom. The molecule has 1 aliphatic heterocycles. The summed E-state index contributed by atoms with van der Waals surface area (Å²) < 4.78 is 5.10. The molecule has 0 atom stereocenters. The van der Waals surface area contributed by atoms with Gasteiger partial charge < -0.3 is 14.7 Å². The molecule has 1 saturated carbocycles. The Balaban J connectivity index is 1.60. The van der Waals surface area contributed by atoms with Gasteiger partial charge in [0.15, 0.2) is 5.82 Å². The largest absolute Gasteiger partial charge is 0.339 e. The Labute approximate surface area is 99.4 Å². The maximum absolute atomic E-state index is 11.8. The van der Waals surface area contributed by atoms with Gasteiger partial charge in [0.25, 0.3) is 0 Å². The zero-order chi connectivity index (χ0) is 11.9. The standard InChI is InChI=1S/C11H16N4O2/c1-8-12-9(17-14-8)7-11(3-4-11)13-10(16)15-5-2-6-15/h2-7H2,1H3,(H,13,16). The first kappa shape index (κ1) is 10.6. The molecule has 1 aromatic heterocycles. The van der Waals surface area contributed by atoms with E-state index >= 15 is 0 Å². The van der Waals surface area contributed by atoms with Crippen LogP contribution in [-0.4, -0.2) is 39.7 Å². The predicted octanol–water partition coefficient (Wildman–Crippen LogP) is 0.868. The van der Waals surface area contributed by atoms with Crippen molar-refractivity contribution in [2.45, 2.75) is 38.1 Å². The average Bonchev–Trinajstić information content (AvgIpc) is 2.79. The topological polar surface area (TPSA) is 71.3 Å². The van der Waals surface area contributed by atoms with E-state index in [1.54, 1.807) is 6.92 Å². The van der Waals surface area contributed by atoms with Crippen molar-refractivity contribution >= 4 is 6.03 Å². The third-order valence-corrected chi connectivity index (χ3v) is 3.43. The molecule has 2 heterocycles. The molecule has 3 rings (SSSR count). The second-order valence-corrected chi connectivity index (χ2v) is 4.96. The minimum absolute atomic E-state index is 0.0463. The van der Waals surface area contributed by atoms with Crippen LogP contribution in [0, 0.1) is 6.92 Å². The molecule has 0 unspecified atom stereocenters. The smallest absolute Gasteiger partial charge is 0.317 e. The summed E-state index contributed by atoms with van der Waals surface area (Å²) in [5.41, 5.74) is -0.133. The van der Waals surface area contributed by atoms with Crippen LogP contribution in [-0.2, 0) is 6.42 Å². The lowest BCUT2D eigenvalue weighted by atomic mass is 10.1. The number of aromatic nitrogens is 2. The fraction of sp³-hybridized carbons (Fsp3) is 0.727. The number of carbonyl (C=O) groups is 1. The molecular weight excluding hydrogens is 220 g/mol. The van der Waals surface area contributed by atoms with E-state index in [4.69, 9.17) is 4.52 Å². The van der Waals surface area contributed by atoms with Crippen LogP contribution in [0.4, 0.5) is 4.79 Å². The van der Waals surface area contributed by atoms with Gasteiger partial charge in [0.05, 0.1) is 12.0 Å². The summed E-state index contributed by atoms with van der Waals surface area (Å²) in [6.07, 6.45) is 3.75. The van der Waals surface area contributed by atoms with Crippen LogP contribution in [0.15, 0.2) is 4.52 Å². The lowest BCUT2D eigenvalue weighted by Gasteiger charge is -2.32. The fourth-order valence-corrected chi connectivity index (χ4v) is 2.02. The second kappa shape index (κ2) is 3.72. The number of hydrogen-bond donors (Lipinski definition) is 1. The molecule has 0 aromatic carbocycles. The molecular formula is C11H16N4O2. The maximum Gasteiger partial charge on any atom is 0.317 e. The molecule has 6 heteroatoms. The highest BCUT2D eigenvalue weighted by Gasteiger charge is 2.46. The zero-order valence-electron chi connectivity index (χ0n) is 9.90. The van der Waals surface area contributed by atoms with Crippen molar-refractivity contribution in [3.8, 4) is 0 Å². The first-order valence-corrected chi connectivity index (χ1v) is 6.03. The summed E-state index contributed by atoms with van der Waals surface area (Å²) in [7, 11) is 0. The highest BCUT2D eigenvalue weighted by Crippen LogP contribution is 2.38. The van der Waals surface area contributed by atoms with Gasteiger partial charge in [-0.3, -0.25) is 0 Å². The summed E-state index contributed by atoms with van der Waals surface area (Å²) in [5.74, 6) is 1.26. The van der Waals surface area contributed by atoms with Gasteiger partial charge in [-0.25, -0.2) is 4.79 Å². The van der Waals surface area contributed by atoms with Gasteiger partial charge in [-0.2, -0.15) is 4.98 Å². The van der Waals surface area contributed by atoms with Crippen LogP contribution < -0.4 is 5.32 Å². The normalized spacial score (nSPS) is 20.9. The number of amides is 2. The van der Waals surface area contributed by atoms with E-state index in [2.05, 4.69) is 15.5 Å². The van der Waals surface area contributed by atoms with Gasteiger partial charge in [-0.15, -0.1) is 0 Å². The molecule has 1 aromatic rings. The Bertz CT molecular complexity index is 434. The third kappa shape index (κ3) is 2.11. The number of hydrogen-bond acceptors (Lipinski definition) is 4. The van der Waals surface area contributed by atoms with Crippen LogP contribution in [0.2, 0.25) is 0 Å².